The second kappa shape index (κ2) is 5.23. The number of ketones is 1. The van der Waals surface area contributed by atoms with Crippen molar-refractivity contribution in [3.8, 4) is 0 Å². The van der Waals surface area contributed by atoms with Gasteiger partial charge in [-0.15, -0.1) is 0 Å². The van der Waals surface area contributed by atoms with E-state index in [4.69, 9.17) is 11.7 Å². The second-order valence-electron chi connectivity index (χ2n) is 4.93. The van der Waals surface area contributed by atoms with E-state index in [0.29, 0.717) is 5.78 Å². The minimum Gasteiger partial charge on any atom is -0.299 e. The quantitative estimate of drug-likeness (QED) is 0.680. The highest BCUT2D eigenvalue weighted by molar-refractivity contribution is 5.83. The molecule has 0 aliphatic carbocycles. The van der Waals surface area contributed by atoms with E-state index in [2.05, 4.69) is 0 Å². The molecule has 2 heterocycles. The van der Waals surface area contributed by atoms with Crippen molar-refractivity contribution in [1.29, 1.82) is 0 Å². The average molecular weight is 224 g/mol. The third kappa shape index (κ3) is 2.79. The largest absolute Gasteiger partial charge is 0.299 e. The molecule has 90 valence electrons. The SMILES string of the molecule is [NH]N1CCC(C(=O)C2CCN([NH])CC2)CC1. The molecule has 2 rings (SSSR count). The fraction of sp³-hybridized carbons (Fsp3) is 0.909. The van der Waals surface area contributed by atoms with Gasteiger partial charge in [-0.1, -0.05) is 0 Å². The normalized spacial score (nSPS) is 27.1. The third-order valence-electron chi connectivity index (χ3n) is 3.79. The number of nitrogens with one attached hydrogen (secondary N) is 2. The highest BCUT2D eigenvalue weighted by atomic mass is 16.1. The molecule has 2 aliphatic rings. The topological polar surface area (TPSA) is 71.2 Å². The van der Waals surface area contributed by atoms with Crippen LogP contribution in [0.2, 0.25) is 0 Å². The Labute approximate surface area is 96.7 Å². The number of rotatable bonds is 2. The summed E-state index contributed by atoms with van der Waals surface area (Å²) in [6.07, 6.45) is 3.40. The van der Waals surface area contributed by atoms with Crippen molar-refractivity contribution in [2.24, 2.45) is 11.8 Å². The van der Waals surface area contributed by atoms with E-state index in [1.54, 1.807) is 10.0 Å². The minimum atomic E-state index is 0.184. The molecule has 0 aromatic rings. The molecular formula is C11H20N4O. The number of carbonyl (C=O) groups is 1. The van der Waals surface area contributed by atoms with Crippen LogP contribution in [-0.2, 0) is 4.79 Å². The van der Waals surface area contributed by atoms with Crippen LogP contribution in [-0.4, -0.2) is 42.0 Å². The van der Waals surface area contributed by atoms with Crippen LogP contribution in [0.25, 0.3) is 0 Å². The van der Waals surface area contributed by atoms with Gasteiger partial charge in [0.05, 0.1) is 0 Å². The molecule has 16 heavy (non-hydrogen) atoms. The van der Waals surface area contributed by atoms with Crippen LogP contribution in [0.1, 0.15) is 25.7 Å². The Morgan fingerprint density at radius 3 is 1.44 bits per heavy atom. The predicted octanol–water partition coefficient (Wildman–Crippen LogP) is 0.375. The molecule has 0 atom stereocenters. The van der Waals surface area contributed by atoms with Crippen LogP contribution in [0.3, 0.4) is 0 Å². The van der Waals surface area contributed by atoms with Crippen molar-refractivity contribution < 1.29 is 4.79 Å². The molecule has 5 heteroatoms. The van der Waals surface area contributed by atoms with E-state index >= 15 is 0 Å². The highest BCUT2D eigenvalue weighted by Crippen LogP contribution is 2.25. The Bertz CT molecular complexity index is 218. The summed E-state index contributed by atoms with van der Waals surface area (Å²) in [5, 5.41) is 3.10. The molecule has 0 amide bonds. The van der Waals surface area contributed by atoms with Crippen LogP contribution >= 0.6 is 0 Å². The summed E-state index contributed by atoms with van der Waals surface area (Å²) in [7, 11) is 0. The summed E-state index contributed by atoms with van der Waals surface area (Å²) >= 11 is 0. The molecule has 0 unspecified atom stereocenters. The standard InChI is InChI=1S/C11H20N4O/c12-14-5-1-9(2-6-14)11(16)10-3-7-15(13)8-4-10/h9-10,12-13H,1-8H2. The fourth-order valence-corrected chi connectivity index (χ4v) is 2.66. The van der Waals surface area contributed by atoms with Gasteiger partial charge in [0.2, 0.25) is 0 Å². The van der Waals surface area contributed by atoms with Gasteiger partial charge in [-0.25, -0.2) is 10.0 Å². The molecule has 2 N–H and O–H groups in total. The Balaban J connectivity index is 1.83. The number of nitrogens with zero attached hydrogens (tertiary/aromatic N) is 2. The molecule has 2 saturated heterocycles. The second-order valence-corrected chi connectivity index (χ2v) is 4.93. The van der Waals surface area contributed by atoms with Crippen LogP contribution < -0.4 is 11.7 Å². The van der Waals surface area contributed by atoms with E-state index in [1.165, 1.54) is 0 Å². The summed E-state index contributed by atoms with van der Waals surface area (Å²) in [6, 6.07) is 0. The predicted molar refractivity (Wildman–Crippen MR) is 59.8 cm³/mol. The summed E-state index contributed by atoms with van der Waals surface area (Å²) < 4.78 is 0. The van der Waals surface area contributed by atoms with Crippen molar-refractivity contribution >= 4 is 5.78 Å². The van der Waals surface area contributed by atoms with Crippen molar-refractivity contribution in [2.75, 3.05) is 26.2 Å². The van der Waals surface area contributed by atoms with Crippen molar-refractivity contribution in [1.82, 2.24) is 21.7 Å². The number of hydrogen-bond donors (Lipinski definition) is 0. The molecule has 0 bridgehead atoms. The van der Waals surface area contributed by atoms with E-state index in [0.717, 1.165) is 51.9 Å². The lowest BCUT2D eigenvalue weighted by Gasteiger charge is -2.32. The van der Waals surface area contributed by atoms with Gasteiger partial charge in [0, 0.05) is 38.0 Å². The van der Waals surface area contributed by atoms with Gasteiger partial charge in [0.1, 0.15) is 5.78 Å². The number of piperidine rings is 2. The number of Topliss-reactive ketones (excluding diaryl/α,β-unsaturated/α-hetero) is 1. The maximum Gasteiger partial charge on any atom is 0.139 e. The van der Waals surface area contributed by atoms with Gasteiger partial charge >= 0.3 is 0 Å². The lowest BCUT2D eigenvalue weighted by atomic mass is 9.82. The maximum absolute atomic E-state index is 12.2. The molecule has 0 saturated carbocycles. The van der Waals surface area contributed by atoms with Crippen molar-refractivity contribution in [2.45, 2.75) is 25.7 Å². The lowest BCUT2D eigenvalue weighted by molar-refractivity contribution is -0.129. The molecule has 0 aromatic carbocycles. The Morgan fingerprint density at radius 1 is 0.812 bits per heavy atom. The molecular weight excluding hydrogens is 204 g/mol. The zero-order valence-corrected chi connectivity index (χ0v) is 9.61. The highest BCUT2D eigenvalue weighted by Gasteiger charge is 2.31. The minimum absolute atomic E-state index is 0.184. The Hall–Kier alpha value is -0.490. The first kappa shape index (κ1) is 12.0. The zero-order chi connectivity index (χ0) is 11.5. The fourth-order valence-electron chi connectivity index (χ4n) is 2.66. The first-order valence-electron chi connectivity index (χ1n) is 6.13. The third-order valence-corrected chi connectivity index (χ3v) is 3.79. The van der Waals surface area contributed by atoms with E-state index in [-0.39, 0.29) is 11.8 Å². The lowest BCUT2D eigenvalue weighted by Crippen LogP contribution is -2.41. The molecule has 2 aliphatic heterocycles. The van der Waals surface area contributed by atoms with Gasteiger partial charge in [-0.05, 0) is 25.7 Å². The van der Waals surface area contributed by atoms with Gasteiger partial charge in [0.15, 0.2) is 0 Å². The summed E-state index contributed by atoms with van der Waals surface area (Å²) in [5.74, 6) is 15.7. The summed E-state index contributed by atoms with van der Waals surface area (Å²) in [6.45, 7) is 2.92. The van der Waals surface area contributed by atoms with Crippen LogP contribution in [0.4, 0.5) is 0 Å². The van der Waals surface area contributed by atoms with Crippen molar-refractivity contribution in [3.63, 3.8) is 0 Å². The van der Waals surface area contributed by atoms with E-state index < -0.39 is 0 Å². The smallest absolute Gasteiger partial charge is 0.139 e. The first-order valence-corrected chi connectivity index (χ1v) is 6.13. The monoisotopic (exact) mass is 224 g/mol. The maximum atomic E-state index is 12.2. The van der Waals surface area contributed by atoms with Gasteiger partial charge in [0.25, 0.3) is 0 Å². The van der Waals surface area contributed by atoms with Crippen LogP contribution in [0, 0.1) is 11.8 Å². The first-order chi connectivity index (χ1) is 7.66. The number of carbonyl (C=O) groups excluding carboxylic acids is 1. The number of hydrogen-bond acceptors (Lipinski definition) is 3. The van der Waals surface area contributed by atoms with Crippen molar-refractivity contribution in [3.05, 3.63) is 0 Å². The van der Waals surface area contributed by atoms with Gasteiger partial charge in [-0.2, -0.15) is 11.7 Å². The summed E-state index contributed by atoms with van der Waals surface area (Å²) in [5.41, 5.74) is 0. The van der Waals surface area contributed by atoms with E-state index in [9.17, 15) is 4.79 Å². The average Bonchev–Trinajstić information content (AvgIpc) is 2.30. The van der Waals surface area contributed by atoms with Gasteiger partial charge in [-0.3, -0.25) is 4.79 Å². The molecule has 0 aromatic heterocycles. The molecule has 0 spiro atoms. The molecule has 2 fully saturated rings. The summed E-state index contributed by atoms with van der Waals surface area (Å²) in [4.78, 5) is 12.2. The molecule has 5 nitrogen and oxygen atoms in total. The Morgan fingerprint density at radius 2 is 1.12 bits per heavy atom. The van der Waals surface area contributed by atoms with Gasteiger partial charge < -0.3 is 0 Å². The van der Waals surface area contributed by atoms with Crippen LogP contribution in [0.5, 0.6) is 0 Å². The van der Waals surface area contributed by atoms with E-state index in [1.807, 2.05) is 0 Å². The Kier molecular flexibility index (Phi) is 3.91. The van der Waals surface area contributed by atoms with Crippen LogP contribution in [0.15, 0.2) is 0 Å². The zero-order valence-electron chi connectivity index (χ0n) is 9.61. The molecule has 2 radical (unpaired) electrons.